The van der Waals surface area contributed by atoms with Crippen molar-refractivity contribution in [3.05, 3.63) is 103 Å². The minimum Gasteiger partial charge on any atom is -0.375 e. The van der Waals surface area contributed by atoms with Crippen LogP contribution < -0.4 is 4.18 Å². The van der Waals surface area contributed by atoms with Gasteiger partial charge in [-0.2, -0.15) is 21.6 Å². The maximum Gasteiger partial charge on any atom is 0.534 e. The van der Waals surface area contributed by atoms with Crippen LogP contribution in [0.2, 0.25) is 0 Å². The van der Waals surface area contributed by atoms with E-state index in [2.05, 4.69) is 4.98 Å². The minimum absolute atomic E-state index is 0.256. The largest absolute Gasteiger partial charge is 0.534 e. The average molecular weight is 519 g/mol. The number of para-hydroxylation sites is 1. The van der Waals surface area contributed by atoms with Crippen molar-refractivity contribution in [3.8, 4) is 22.6 Å². The fourth-order valence-electron chi connectivity index (χ4n) is 4.65. The standard InChI is InChI=1S/C28H17F3N2O3S/c29-28(30,31)37(34,35)36-26-16-25-27(22-11-5-4-10-21(22)26)23-13-12-18(19-7-6-14-32-17-19)15-24(23)33(25)20-8-2-1-3-9-20/h1-17H. The fraction of sp³-hybridized carbons (Fsp3) is 0.0357. The Morgan fingerprint density at radius 1 is 0.730 bits per heavy atom. The quantitative estimate of drug-likeness (QED) is 0.183. The Hall–Kier alpha value is -4.37. The highest BCUT2D eigenvalue weighted by Crippen LogP contribution is 2.43. The molecule has 0 saturated heterocycles. The minimum atomic E-state index is -5.88. The van der Waals surface area contributed by atoms with E-state index in [9.17, 15) is 21.6 Å². The van der Waals surface area contributed by atoms with Gasteiger partial charge in [0.1, 0.15) is 0 Å². The first-order chi connectivity index (χ1) is 17.7. The molecule has 0 fully saturated rings. The van der Waals surface area contributed by atoms with E-state index in [0.29, 0.717) is 10.9 Å². The molecule has 2 aromatic heterocycles. The van der Waals surface area contributed by atoms with Crippen LogP contribution in [0.5, 0.6) is 5.75 Å². The van der Waals surface area contributed by atoms with E-state index < -0.39 is 21.4 Å². The topological polar surface area (TPSA) is 61.2 Å². The van der Waals surface area contributed by atoms with E-state index in [4.69, 9.17) is 4.18 Å². The summed E-state index contributed by atoms with van der Waals surface area (Å²) in [7, 11) is -5.88. The van der Waals surface area contributed by atoms with Crippen LogP contribution in [-0.2, 0) is 10.1 Å². The van der Waals surface area contributed by atoms with Crippen molar-refractivity contribution in [1.29, 1.82) is 0 Å². The van der Waals surface area contributed by atoms with E-state index in [-0.39, 0.29) is 5.39 Å². The molecule has 9 heteroatoms. The zero-order valence-corrected chi connectivity index (χ0v) is 19.8. The van der Waals surface area contributed by atoms with Gasteiger partial charge in [0.05, 0.1) is 11.0 Å². The Balaban J connectivity index is 1.74. The number of pyridine rings is 1. The highest BCUT2D eigenvalue weighted by molar-refractivity contribution is 7.88. The third-order valence-corrected chi connectivity index (χ3v) is 7.19. The molecule has 0 aliphatic heterocycles. The maximum atomic E-state index is 13.2. The lowest BCUT2D eigenvalue weighted by molar-refractivity contribution is -0.0499. The van der Waals surface area contributed by atoms with Gasteiger partial charge in [0, 0.05) is 45.9 Å². The van der Waals surface area contributed by atoms with Gasteiger partial charge in [0.15, 0.2) is 5.75 Å². The number of rotatable bonds is 4. The zero-order valence-electron chi connectivity index (χ0n) is 19.0. The first-order valence-electron chi connectivity index (χ1n) is 11.2. The molecule has 5 nitrogen and oxygen atoms in total. The molecule has 0 atom stereocenters. The fourth-order valence-corrected chi connectivity index (χ4v) is 5.12. The molecular formula is C28H17F3N2O3S. The summed E-state index contributed by atoms with van der Waals surface area (Å²) in [5.41, 5.74) is -1.70. The van der Waals surface area contributed by atoms with Gasteiger partial charge >= 0.3 is 15.6 Å². The van der Waals surface area contributed by atoms with Crippen molar-refractivity contribution in [1.82, 2.24) is 9.55 Å². The molecule has 0 unspecified atom stereocenters. The van der Waals surface area contributed by atoms with E-state index in [1.165, 1.54) is 6.07 Å². The number of benzene rings is 4. The third-order valence-electron chi connectivity index (χ3n) is 6.23. The van der Waals surface area contributed by atoms with Crippen molar-refractivity contribution in [3.63, 3.8) is 0 Å². The molecule has 184 valence electrons. The van der Waals surface area contributed by atoms with Gasteiger partial charge in [-0.25, -0.2) is 0 Å². The molecule has 0 amide bonds. The highest BCUT2D eigenvalue weighted by Gasteiger charge is 2.48. The second-order valence-electron chi connectivity index (χ2n) is 8.44. The van der Waals surface area contributed by atoms with E-state index >= 15 is 0 Å². The summed E-state index contributed by atoms with van der Waals surface area (Å²) in [5, 5.41) is 2.45. The van der Waals surface area contributed by atoms with Crippen LogP contribution in [0.1, 0.15) is 0 Å². The number of fused-ring (bicyclic) bond motifs is 5. The normalized spacial score (nSPS) is 12.4. The second-order valence-corrected chi connectivity index (χ2v) is 9.98. The van der Waals surface area contributed by atoms with Gasteiger partial charge in [0.25, 0.3) is 0 Å². The summed E-state index contributed by atoms with van der Waals surface area (Å²) in [6, 6.07) is 27.0. The third kappa shape index (κ3) is 3.79. The molecule has 0 aliphatic carbocycles. The van der Waals surface area contributed by atoms with Gasteiger partial charge in [0.2, 0.25) is 0 Å². The summed E-state index contributed by atoms with van der Waals surface area (Å²) in [4.78, 5) is 4.20. The zero-order chi connectivity index (χ0) is 25.8. The molecule has 6 aromatic rings. The molecule has 0 radical (unpaired) electrons. The Morgan fingerprint density at radius 3 is 2.16 bits per heavy atom. The lowest BCUT2D eigenvalue weighted by atomic mass is 10.0. The van der Waals surface area contributed by atoms with Crippen LogP contribution in [0.15, 0.2) is 103 Å². The van der Waals surface area contributed by atoms with Gasteiger partial charge in [-0.05, 0) is 35.2 Å². The van der Waals surface area contributed by atoms with Crippen molar-refractivity contribution < 1.29 is 25.8 Å². The van der Waals surface area contributed by atoms with Crippen molar-refractivity contribution in [2.24, 2.45) is 0 Å². The summed E-state index contributed by atoms with van der Waals surface area (Å²) in [6.07, 6.45) is 3.44. The summed E-state index contributed by atoms with van der Waals surface area (Å²) in [6.45, 7) is 0. The van der Waals surface area contributed by atoms with Crippen molar-refractivity contribution >= 4 is 42.7 Å². The number of halogens is 3. The average Bonchev–Trinajstić information content (AvgIpc) is 3.22. The molecule has 0 N–H and O–H groups in total. The van der Waals surface area contributed by atoms with Gasteiger partial charge in [-0.1, -0.05) is 60.7 Å². The Bertz CT molecular complexity index is 1900. The van der Waals surface area contributed by atoms with Crippen LogP contribution in [0.25, 0.3) is 49.4 Å². The number of hydrogen-bond donors (Lipinski definition) is 0. The van der Waals surface area contributed by atoms with Crippen LogP contribution >= 0.6 is 0 Å². The maximum absolute atomic E-state index is 13.2. The molecule has 4 aromatic carbocycles. The SMILES string of the molecule is O=S(=O)(Oc1cc2c(c3ccccc13)c1ccc(-c3cccnc3)cc1n2-c1ccccc1)C(F)(F)F. The predicted octanol–water partition coefficient (Wildman–Crippen LogP) is 7.23. The molecule has 0 spiro atoms. The second kappa shape index (κ2) is 8.35. The smallest absolute Gasteiger partial charge is 0.375 e. The van der Waals surface area contributed by atoms with E-state index in [0.717, 1.165) is 33.1 Å². The summed E-state index contributed by atoms with van der Waals surface area (Å²) >= 11 is 0. The molecule has 6 rings (SSSR count). The Morgan fingerprint density at radius 2 is 1.46 bits per heavy atom. The van der Waals surface area contributed by atoms with Crippen molar-refractivity contribution in [2.75, 3.05) is 0 Å². The predicted molar refractivity (Wildman–Crippen MR) is 137 cm³/mol. The lowest BCUT2D eigenvalue weighted by Crippen LogP contribution is -2.28. The van der Waals surface area contributed by atoms with Crippen LogP contribution in [0, 0.1) is 0 Å². The van der Waals surface area contributed by atoms with Gasteiger partial charge in [-0.15, -0.1) is 0 Å². The molecule has 0 aliphatic rings. The number of alkyl halides is 3. The monoisotopic (exact) mass is 518 g/mol. The molecule has 0 saturated carbocycles. The molecular weight excluding hydrogens is 501 g/mol. The summed E-state index contributed by atoms with van der Waals surface area (Å²) < 4.78 is 70.2. The Labute approximate surface area is 209 Å². The molecule has 37 heavy (non-hydrogen) atoms. The molecule has 0 bridgehead atoms. The van der Waals surface area contributed by atoms with E-state index in [1.807, 2.05) is 65.2 Å². The highest BCUT2D eigenvalue weighted by atomic mass is 32.2. The van der Waals surface area contributed by atoms with Crippen molar-refractivity contribution in [2.45, 2.75) is 5.51 Å². The van der Waals surface area contributed by atoms with Crippen LogP contribution in [-0.4, -0.2) is 23.5 Å². The first kappa shape index (κ1) is 23.1. The number of aromatic nitrogens is 2. The summed E-state index contributed by atoms with van der Waals surface area (Å²) in [5.74, 6) is -0.395. The van der Waals surface area contributed by atoms with Gasteiger partial charge in [-0.3, -0.25) is 4.98 Å². The van der Waals surface area contributed by atoms with E-state index in [1.54, 1.807) is 36.7 Å². The van der Waals surface area contributed by atoms with Crippen LogP contribution in [0.4, 0.5) is 13.2 Å². The van der Waals surface area contributed by atoms with Gasteiger partial charge < -0.3 is 8.75 Å². The van der Waals surface area contributed by atoms with Crippen LogP contribution in [0.3, 0.4) is 0 Å². The Kier molecular flexibility index (Phi) is 5.20. The number of hydrogen-bond acceptors (Lipinski definition) is 4. The lowest BCUT2D eigenvalue weighted by Gasteiger charge is -2.14. The molecule has 2 heterocycles. The first-order valence-corrected chi connectivity index (χ1v) is 12.6. The number of nitrogens with zero attached hydrogens (tertiary/aromatic N) is 2.